The Bertz CT molecular complexity index is 360. The van der Waals surface area contributed by atoms with Gasteiger partial charge in [-0.3, -0.25) is 0 Å². The van der Waals surface area contributed by atoms with E-state index >= 15 is 0 Å². The smallest absolute Gasteiger partial charge is 0.147 e. The topological polar surface area (TPSA) is 25.4 Å². The summed E-state index contributed by atoms with van der Waals surface area (Å²) in [6, 6.07) is 2.09. The van der Waals surface area contributed by atoms with Crippen LogP contribution >= 0.6 is 23.2 Å². The third-order valence-electron chi connectivity index (χ3n) is 2.59. The molecule has 0 aliphatic rings. The molecule has 1 aromatic rings. The fraction of sp³-hybridized carbons (Fsp3) is 0.583. The maximum atomic E-state index is 6.22. The van der Waals surface area contributed by atoms with Gasteiger partial charge in [0.25, 0.3) is 0 Å². The van der Waals surface area contributed by atoms with Crippen LogP contribution < -0.4 is 4.90 Å². The van der Waals surface area contributed by atoms with Crippen molar-refractivity contribution in [3.63, 3.8) is 0 Å². The number of hydrogen-bond acceptors (Lipinski definition) is 3. The lowest BCUT2D eigenvalue weighted by atomic mass is 10.2. The zero-order chi connectivity index (χ0) is 12.8. The molecule has 0 amide bonds. The maximum absolute atomic E-state index is 6.22. The number of anilines is 1. The van der Waals surface area contributed by atoms with Crippen LogP contribution in [0.3, 0.4) is 0 Å². The van der Waals surface area contributed by atoms with Crippen LogP contribution in [-0.2, 0) is 10.6 Å². The summed E-state index contributed by atoms with van der Waals surface area (Å²) in [4.78, 5) is 6.49. The van der Waals surface area contributed by atoms with Crippen molar-refractivity contribution in [2.24, 2.45) is 0 Å². The number of halogens is 2. The number of rotatable bonds is 6. The Labute approximate surface area is 113 Å². The Morgan fingerprint density at radius 3 is 2.71 bits per heavy atom. The molecule has 0 aromatic carbocycles. The van der Waals surface area contributed by atoms with Crippen molar-refractivity contribution in [3.05, 3.63) is 22.8 Å². The van der Waals surface area contributed by atoms with Crippen molar-refractivity contribution >= 4 is 29.0 Å². The Hall–Kier alpha value is -0.510. The van der Waals surface area contributed by atoms with Crippen LogP contribution in [0, 0.1) is 0 Å². The number of alkyl halides is 1. The molecule has 17 heavy (non-hydrogen) atoms. The van der Waals surface area contributed by atoms with Crippen molar-refractivity contribution in [1.82, 2.24) is 4.98 Å². The molecule has 0 aliphatic heterocycles. The molecule has 1 aromatic heterocycles. The predicted octanol–water partition coefficient (Wildman–Crippen LogP) is 3.34. The monoisotopic (exact) mass is 276 g/mol. The average Bonchev–Trinajstić information content (AvgIpc) is 2.32. The van der Waals surface area contributed by atoms with Gasteiger partial charge in [-0.1, -0.05) is 11.6 Å². The number of nitrogens with zero attached hydrogens (tertiary/aromatic N) is 2. The van der Waals surface area contributed by atoms with Crippen LogP contribution in [-0.4, -0.2) is 31.3 Å². The first-order chi connectivity index (χ1) is 8.13. The maximum Gasteiger partial charge on any atom is 0.147 e. The van der Waals surface area contributed by atoms with Crippen molar-refractivity contribution < 1.29 is 4.74 Å². The molecule has 1 heterocycles. The van der Waals surface area contributed by atoms with Crippen LogP contribution in [0.1, 0.15) is 19.4 Å². The Morgan fingerprint density at radius 2 is 2.24 bits per heavy atom. The third-order valence-corrected chi connectivity index (χ3v) is 3.17. The lowest BCUT2D eigenvalue weighted by Gasteiger charge is -2.29. The molecule has 0 aliphatic carbocycles. The van der Waals surface area contributed by atoms with Gasteiger partial charge in [0, 0.05) is 25.7 Å². The zero-order valence-electron chi connectivity index (χ0n) is 10.4. The van der Waals surface area contributed by atoms with Gasteiger partial charge in [0.1, 0.15) is 5.82 Å². The molecule has 96 valence electrons. The summed E-state index contributed by atoms with van der Waals surface area (Å²) in [5.74, 6) is 1.21. The Kier molecular flexibility index (Phi) is 6.03. The number of ether oxygens (including phenoxy) is 1. The van der Waals surface area contributed by atoms with Gasteiger partial charge < -0.3 is 9.64 Å². The molecular formula is C12H18Cl2N2O. The second-order valence-corrected chi connectivity index (χ2v) is 4.55. The first-order valence-corrected chi connectivity index (χ1v) is 6.51. The summed E-state index contributed by atoms with van der Waals surface area (Å²) >= 11 is 12.0. The minimum atomic E-state index is 0.233. The predicted molar refractivity (Wildman–Crippen MR) is 73.2 cm³/mol. The van der Waals surface area contributed by atoms with E-state index in [1.807, 2.05) is 6.07 Å². The lowest BCUT2D eigenvalue weighted by Crippen LogP contribution is -2.36. The summed E-state index contributed by atoms with van der Waals surface area (Å²) < 4.78 is 5.16. The van der Waals surface area contributed by atoms with Crippen molar-refractivity contribution in [2.45, 2.75) is 25.8 Å². The molecule has 0 fully saturated rings. The SMILES string of the molecule is CCN(c1ncc(CCl)cc1Cl)C(C)COC. The van der Waals surface area contributed by atoms with E-state index in [-0.39, 0.29) is 6.04 Å². The highest BCUT2D eigenvalue weighted by molar-refractivity contribution is 6.33. The molecule has 1 atom stereocenters. The van der Waals surface area contributed by atoms with Gasteiger partial charge in [0.15, 0.2) is 0 Å². The quantitative estimate of drug-likeness (QED) is 0.746. The second-order valence-electron chi connectivity index (χ2n) is 3.87. The molecule has 5 heteroatoms. The minimum absolute atomic E-state index is 0.233. The highest BCUT2D eigenvalue weighted by Gasteiger charge is 2.16. The van der Waals surface area contributed by atoms with E-state index in [4.69, 9.17) is 27.9 Å². The van der Waals surface area contributed by atoms with Gasteiger partial charge in [0.2, 0.25) is 0 Å². The van der Waals surface area contributed by atoms with Crippen molar-refractivity contribution in [1.29, 1.82) is 0 Å². The fourth-order valence-electron chi connectivity index (χ4n) is 1.76. The van der Waals surface area contributed by atoms with Crippen molar-refractivity contribution in [3.8, 4) is 0 Å². The van der Waals surface area contributed by atoms with E-state index in [2.05, 4.69) is 23.7 Å². The number of methoxy groups -OCH3 is 1. The number of aromatic nitrogens is 1. The standard InChI is InChI=1S/C12H18Cl2N2O/c1-4-16(9(2)8-17-3)12-11(14)5-10(6-13)7-15-12/h5,7,9H,4,6,8H2,1-3H3. The summed E-state index contributed by atoms with van der Waals surface area (Å²) in [5, 5.41) is 0.632. The lowest BCUT2D eigenvalue weighted by molar-refractivity contribution is 0.181. The largest absolute Gasteiger partial charge is 0.383 e. The highest BCUT2D eigenvalue weighted by Crippen LogP contribution is 2.26. The van der Waals surface area contributed by atoms with E-state index < -0.39 is 0 Å². The number of hydrogen-bond donors (Lipinski definition) is 0. The van der Waals surface area contributed by atoms with Gasteiger partial charge in [-0.15, -0.1) is 11.6 Å². The van der Waals surface area contributed by atoms with Crippen LogP contribution in [0.25, 0.3) is 0 Å². The van der Waals surface area contributed by atoms with E-state index in [0.29, 0.717) is 17.5 Å². The fourth-order valence-corrected chi connectivity index (χ4v) is 2.20. The van der Waals surface area contributed by atoms with Gasteiger partial charge in [-0.25, -0.2) is 4.98 Å². The van der Waals surface area contributed by atoms with Crippen molar-refractivity contribution in [2.75, 3.05) is 25.2 Å². The number of pyridine rings is 1. The molecule has 0 radical (unpaired) electrons. The van der Waals surface area contributed by atoms with E-state index in [9.17, 15) is 0 Å². The third kappa shape index (κ3) is 3.73. The molecule has 1 rings (SSSR count). The van der Waals surface area contributed by atoms with Crippen LogP contribution in [0.15, 0.2) is 12.3 Å². The molecule has 0 saturated carbocycles. The molecular weight excluding hydrogens is 259 g/mol. The van der Waals surface area contributed by atoms with Crippen LogP contribution in [0.5, 0.6) is 0 Å². The van der Waals surface area contributed by atoms with Crippen LogP contribution in [0.2, 0.25) is 5.02 Å². The van der Waals surface area contributed by atoms with E-state index in [0.717, 1.165) is 17.9 Å². The zero-order valence-corrected chi connectivity index (χ0v) is 11.9. The highest BCUT2D eigenvalue weighted by atomic mass is 35.5. The summed E-state index contributed by atoms with van der Waals surface area (Å²) in [5.41, 5.74) is 0.927. The Balaban J connectivity index is 2.95. The average molecular weight is 277 g/mol. The van der Waals surface area contributed by atoms with E-state index in [1.165, 1.54) is 0 Å². The summed E-state index contributed by atoms with van der Waals surface area (Å²) in [6.45, 7) is 5.63. The molecule has 0 N–H and O–H groups in total. The van der Waals surface area contributed by atoms with Gasteiger partial charge >= 0.3 is 0 Å². The van der Waals surface area contributed by atoms with Crippen LogP contribution in [0.4, 0.5) is 5.82 Å². The molecule has 0 bridgehead atoms. The Morgan fingerprint density at radius 1 is 1.53 bits per heavy atom. The second kappa shape index (κ2) is 7.04. The number of likely N-dealkylation sites (N-methyl/N-ethyl adjacent to an activating group) is 1. The molecule has 0 saturated heterocycles. The molecule has 3 nitrogen and oxygen atoms in total. The molecule has 1 unspecified atom stereocenters. The first-order valence-electron chi connectivity index (χ1n) is 5.60. The minimum Gasteiger partial charge on any atom is -0.383 e. The van der Waals surface area contributed by atoms with Gasteiger partial charge in [-0.05, 0) is 25.5 Å². The van der Waals surface area contributed by atoms with E-state index in [1.54, 1.807) is 13.3 Å². The first kappa shape index (κ1) is 14.6. The van der Waals surface area contributed by atoms with Gasteiger partial charge in [-0.2, -0.15) is 0 Å². The summed E-state index contributed by atoms with van der Waals surface area (Å²) in [6.07, 6.45) is 1.76. The van der Waals surface area contributed by atoms with Gasteiger partial charge in [0.05, 0.1) is 17.7 Å². The summed E-state index contributed by atoms with van der Waals surface area (Å²) in [7, 11) is 1.69. The molecule has 0 spiro atoms. The normalized spacial score (nSPS) is 12.5.